The highest BCUT2D eigenvalue weighted by molar-refractivity contribution is 5.56. The van der Waals surface area contributed by atoms with Crippen LogP contribution in [-0.4, -0.2) is 17.7 Å². The van der Waals surface area contributed by atoms with Crippen LogP contribution in [0.25, 0.3) is 0 Å². The highest BCUT2D eigenvalue weighted by atomic mass is 16.4. The summed E-state index contributed by atoms with van der Waals surface area (Å²) in [5.74, 6) is 1.19. The Kier molecular flexibility index (Phi) is 20.7. The Hall–Kier alpha value is -1.90. The SMILES string of the molecule is C=CC(C)CCC=C(C)CCC=NO.C=CC(C)CCC=C(C)CCC=O. The Balaban J connectivity index is 0. The number of hydrogen-bond donors (Lipinski definition) is 1. The number of rotatable bonds is 14. The zero-order valence-corrected chi connectivity index (χ0v) is 18.0. The third-order valence-electron chi connectivity index (χ3n) is 4.44. The summed E-state index contributed by atoms with van der Waals surface area (Å²) < 4.78 is 0. The van der Waals surface area contributed by atoms with Gasteiger partial charge in [0.05, 0.1) is 0 Å². The van der Waals surface area contributed by atoms with E-state index in [1.807, 2.05) is 12.2 Å². The van der Waals surface area contributed by atoms with Gasteiger partial charge in [-0.1, -0.05) is 49.3 Å². The largest absolute Gasteiger partial charge is 0.411 e. The van der Waals surface area contributed by atoms with Gasteiger partial charge >= 0.3 is 0 Å². The Morgan fingerprint density at radius 3 is 1.70 bits per heavy atom. The molecule has 27 heavy (non-hydrogen) atoms. The zero-order chi connectivity index (χ0) is 20.9. The molecule has 0 aliphatic rings. The van der Waals surface area contributed by atoms with Crippen LogP contribution in [0.2, 0.25) is 0 Å². The molecule has 0 aliphatic heterocycles. The number of carbonyl (C=O) groups excluding carboxylic acids is 1. The van der Waals surface area contributed by atoms with Gasteiger partial charge in [0, 0.05) is 12.6 Å². The standard InChI is InChI=1S/C12H21NO.C12H20O/c1-4-11(2)7-5-8-12(3)9-6-10-13-14;1-4-11(2)7-5-8-12(3)9-6-10-13/h4,8,10-11,14H,1,5-7,9H2,2-3H3;4,8,10-11H,1,5-7,9H2,2-3H3. The van der Waals surface area contributed by atoms with Crippen molar-refractivity contribution in [3.05, 3.63) is 48.6 Å². The summed E-state index contributed by atoms with van der Waals surface area (Å²) in [5, 5.41) is 11.2. The lowest BCUT2D eigenvalue weighted by molar-refractivity contribution is -0.107. The van der Waals surface area contributed by atoms with Crippen LogP contribution >= 0.6 is 0 Å². The van der Waals surface area contributed by atoms with Crippen molar-refractivity contribution in [1.29, 1.82) is 0 Å². The second-order valence-electron chi connectivity index (χ2n) is 7.22. The molecular weight excluding hydrogens is 334 g/mol. The Morgan fingerprint density at radius 2 is 1.33 bits per heavy atom. The molecule has 0 radical (unpaired) electrons. The van der Waals surface area contributed by atoms with Gasteiger partial charge in [-0.25, -0.2) is 0 Å². The van der Waals surface area contributed by atoms with E-state index in [9.17, 15) is 4.79 Å². The second kappa shape index (κ2) is 20.4. The van der Waals surface area contributed by atoms with Gasteiger partial charge in [0.25, 0.3) is 0 Å². The van der Waals surface area contributed by atoms with Crippen molar-refractivity contribution in [3.8, 4) is 0 Å². The van der Waals surface area contributed by atoms with E-state index < -0.39 is 0 Å². The van der Waals surface area contributed by atoms with Crippen molar-refractivity contribution in [2.24, 2.45) is 17.0 Å². The predicted octanol–water partition coefficient (Wildman–Crippen LogP) is 7.29. The van der Waals surface area contributed by atoms with E-state index in [2.05, 4.69) is 58.2 Å². The minimum atomic E-state index is 0.593. The number of allylic oxidation sites excluding steroid dienone is 6. The average molecular weight is 376 g/mol. The second-order valence-corrected chi connectivity index (χ2v) is 7.22. The molecule has 0 aromatic carbocycles. The molecule has 0 fully saturated rings. The van der Waals surface area contributed by atoms with Gasteiger partial charge in [0.2, 0.25) is 0 Å². The summed E-state index contributed by atoms with van der Waals surface area (Å²) in [5.41, 5.74) is 2.68. The average Bonchev–Trinajstić information content (AvgIpc) is 2.66. The number of oxime groups is 1. The van der Waals surface area contributed by atoms with Gasteiger partial charge in [-0.05, 0) is 70.6 Å². The number of nitrogens with zero attached hydrogens (tertiary/aromatic N) is 1. The van der Waals surface area contributed by atoms with Crippen LogP contribution in [0, 0.1) is 11.8 Å². The van der Waals surface area contributed by atoms with Crippen molar-refractivity contribution in [2.45, 2.75) is 79.1 Å². The van der Waals surface area contributed by atoms with Gasteiger partial charge in [-0.2, -0.15) is 0 Å². The maximum atomic E-state index is 10.1. The van der Waals surface area contributed by atoms with Crippen molar-refractivity contribution < 1.29 is 10.0 Å². The van der Waals surface area contributed by atoms with E-state index in [1.165, 1.54) is 17.4 Å². The first-order chi connectivity index (χ1) is 12.9. The smallest absolute Gasteiger partial charge is 0.120 e. The molecule has 0 spiro atoms. The molecule has 2 atom stereocenters. The van der Waals surface area contributed by atoms with Crippen LogP contribution in [0.5, 0.6) is 0 Å². The molecule has 0 saturated heterocycles. The van der Waals surface area contributed by atoms with E-state index in [0.717, 1.165) is 51.2 Å². The van der Waals surface area contributed by atoms with Gasteiger partial charge in [-0.3, -0.25) is 0 Å². The van der Waals surface area contributed by atoms with Crippen molar-refractivity contribution >= 4 is 12.5 Å². The van der Waals surface area contributed by atoms with Crippen molar-refractivity contribution in [1.82, 2.24) is 0 Å². The van der Waals surface area contributed by atoms with Gasteiger partial charge < -0.3 is 10.0 Å². The van der Waals surface area contributed by atoms with Crippen LogP contribution in [0.3, 0.4) is 0 Å². The minimum Gasteiger partial charge on any atom is -0.411 e. The van der Waals surface area contributed by atoms with Crippen LogP contribution in [-0.2, 0) is 4.79 Å². The Bertz CT molecular complexity index is 475. The Morgan fingerprint density at radius 1 is 0.889 bits per heavy atom. The van der Waals surface area contributed by atoms with Crippen molar-refractivity contribution in [3.63, 3.8) is 0 Å². The van der Waals surface area contributed by atoms with Gasteiger partial charge in [0.1, 0.15) is 6.29 Å². The fourth-order valence-corrected chi connectivity index (χ4v) is 2.26. The van der Waals surface area contributed by atoms with Crippen LogP contribution < -0.4 is 0 Å². The molecule has 3 heteroatoms. The number of hydrogen-bond acceptors (Lipinski definition) is 3. The molecule has 0 rings (SSSR count). The van der Waals surface area contributed by atoms with E-state index >= 15 is 0 Å². The van der Waals surface area contributed by atoms with E-state index in [-0.39, 0.29) is 0 Å². The van der Waals surface area contributed by atoms with Gasteiger partial charge in [-0.15, -0.1) is 18.3 Å². The quantitative estimate of drug-likeness (QED) is 0.114. The predicted molar refractivity (Wildman–Crippen MR) is 120 cm³/mol. The maximum Gasteiger partial charge on any atom is 0.120 e. The van der Waals surface area contributed by atoms with E-state index in [4.69, 9.17) is 5.21 Å². The fourth-order valence-electron chi connectivity index (χ4n) is 2.26. The molecule has 2 unspecified atom stereocenters. The molecule has 0 heterocycles. The maximum absolute atomic E-state index is 10.1. The minimum absolute atomic E-state index is 0.593. The molecule has 0 saturated carbocycles. The fraction of sp³-hybridized carbons (Fsp3) is 0.583. The summed E-state index contributed by atoms with van der Waals surface area (Å²) in [6.45, 7) is 16.0. The van der Waals surface area contributed by atoms with E-state index in [0.29, 0.717) is 18.3 Å². The van der Waals surface area contributed by atoms with Gasteiger partial charge in [0.15, 0.2) is 0 Å². The third-order valence-corrected chi connectivity index (χ3v) is 4.44. The topological polar surface area (TPSA) is 49.7 Å². The lowest BCUT2D eigenvalue weighted by Gasteiger charge is -2.02. The molecule has 0 aromatic heterocycles. The molecule has 154 valence electrons. The van der Waals surface area contributed by atoms with Crippen LogP contribution in [0.15, 0.2) is 53.8 Å². The summed E-state index contributed by atoms with van der Waals surface area (Å²) in [6.07, 6.45) is 18.8. The van der Waals surface area contributed by atoms with Crippen LogP contribution in [0.4, 0.5) is 0 Å². The lowest BCUT2D eigenvalue weighted by Crippen LogP contribution is -1.87. The highest BCUT2D eigenvalue weighted by Gasteiger charge is 1.95. The first-order valence-corrected chi connectivity index (χ1v) is 10.1. The first-order valence-electron chi connectivity index (χ1n) is 10.1. The summed E-state index contributed by atoms with van der Waals surface area (Å²) in [6, 6.07) is 0. The summed E-state index contributed by atoms with van der Waals surface area (Å²) in [4.78, 5) is 10.1. The zero-order valence-electron chi connectivity index (χ0n) is 18.0. The Labute approximate surface area is 167 Å². The lowest BCUT2D eigenvalue weighted by atomic mass is 10.0. The summed E-state index contributed by atoms with van der Waals surface area (Å²) >= 11 is 0. The molecule has 0 bridgehead atoms. The highest BCUT2D eigenvalue weighted by Crippen LogP contribution is 2.11. The molecule has 0 aromatic rings. The molecular formula is C24H41NO2. The van der Waals surface area contributed by atoms with Crippen LogP contribution in [0.1, 0.15) is 79.1 Å². The third kappa shape index (κ3) is 22.1. The molecule has 0 amide bonds. The molecule has 0 aliphatic carbocycles. The monoisotopic (exact) mass is 375 g/mol. The number of aldehydes is 1. The molecule has 1 N–H and O–H groups in total. The van der Waals surface area contributed by atoms with E-state index in [1.54, 1.807) is 0 Å². The number of carbonyl (C=O) groups is 1. The molecule has 3 nitrogen and oxygen atoms in total. The summed E-state index contributed by atoms with van der Waals surface area (Å²) in [7, 11) is 0. The first kappa shape index (κ1) is 27.3. The normalized spacial score (nSPS) is 14.2. The van der Waals surface area contributed by atoms with Crippen molar-refractivity contribution in [2.75, 3.05) is 0 Å².